The third-order valence-electron chi connectivity index (χ3n) is 4.07. The lowest BCUT2D eigenvalue weighted by Gasteiger charge is -2.36. The van der Waals surface area contributed by atoms with E-state index in [4.69, 9.17) is 4.74 Å². The summed E-state index contributed by atoms with van der Waals surface area (Å²) < 4.78 is 6.60. The van der Waals surface area contributed by atoms with Crippen molar-refractivity contribution >= 4 is 29.1 Å². The zero-order valence-corrected chi connectivity index (χ0v) is 14.8. The largest absolute Gasteiger partial charge is 0.461 e. The van der Waals surface area contributed by atoms with Crippen molar-refractivity contribution < 1.29 is 9.53 Å². The molecule has 0 N–H and O–H groups in total. The maximum absolute atomic E-state index is 12.1. The van der Waals surface area contributed by atoms with Crippen LogP contribution in [0.4, 0.5) is 0 Å². The van der Waals surface area contributed by atoms with Crippen molar-refractivity contribution in [2.75, 3.05) is 5.75 Å². The second-order valence-electron chi connectivity index (χ2n) is 6.23. The van der Waals surface area contributed by atoms with Gasteiger partial charge in [0.05, 0.1) is 5.75 Å². The van der Waals surface area contributed by atoms with Crippen molar-refractivity contribution in [1.29, 1.82) is 0 Å². The topological polar surface area (TPSA) is 52.1 Å². The highest BCUT2D eigenvalue weighted by molar-refractivity contribution is 8.01. The minimum absolute atomic E-state index is 0.0815. The Morgan fingerprint density at radius 2 is 2.19 bits per heavy atom. The molecule has 0 spiro atoms. The number of hydrogen-bond donors (Lipinski definition) is 0. The molecule has 1 heterocycles. The summed E-state index contributed by atoms with van der Waals surface area (Å²) in [5, 5.41) is 8.89. The number of aryl methyl sites for hydroxylation is 1. The van der Waals surface area contributed by atoms with E-state index in [1.807, 2.05) is 6.92 Å². The summed E-state index contributed by atoms with van der Waals surface area (Å²) >= 11 is 2.93. The highest BCUT2D eigenvalue weighted by Crippen LogP contribution is 2.35. The molecule has 1 aliphatic carbocycles. The van der Waals surface area contributed by atoms with Crippen LogP contribution in [0.1, 0.15) is 45.0 Å². The third-order valence-corrected chi connectivity index (χ3v) is 6.01. The number of hydrogen-bond acceptors (Lipinski definition) is 6. The molecule has 4 nitrogen and oxygen atoms in total. The van der Waals surface area contributed by atoms with Gasteiger partial charge in [-0.3, -0.25) is 4.79 Å². The molecule has 21 heavy (non-hydrogen) atoms. The molecule has 1 aliphatic rings. The van der Waals surface area contributed by atoms with Crippen molar-refractivity contribution in [3.05, 3.63) is 5.01 Å². The molecule has 1 aromatic rings. The van der Waals surface area contributed by atoms with Gasteiger partial charge in [0.15, 0.2) is 4.34 Å². The van der Waals surface area contributed by atoms with Gasteiger partial charge in [0, 0.05) is 0 Å². The predicted octanol–water partition coefficient (Wildman–Crippen LogP) is 3.94. The Balaban J connectivity index is 1.84. The summed E-state index contributed by atoms with van der Waals surface area (Å²) in [5.74, 6) is 1.91. The number of aromatic nitrogens is 2. The van der Waals surface area contributed by atoms with Crippen molar-refractivity contribution in [2.45, 2.75) is 57.4 Å². The molecule has 2 rings (SSSR count). The molecule has 3 atom stereocenters. The van der Waals surface area contributed by atoms with E-state index in [0.717, 1.165) is 15.8 Å². The van der Waals surface area contributed by atoms with Gasteiger partial charge in [0.2, 0.25) is 0 Å². The number of nitrogens with zero attached hydrogens (tertiary/aromatic N) is 2. The molecule has 1 saturated carbocycles. The van der Waals surface area contributed by atoms with E-state index < -0.39 is 0 Å². The lowest BCUT2D eigenvalue weighted by Crippen LogP contribution is -2.36. The van der Waals surface area contributed by atoms with Gasteiger partial charge in [-0.15, -0.1) is 10.2 Å². The van der Waals surface area contributed by atoms with Crippen LogP contribution in [0.3, 0.4) is 0 Å². The van der Waals surface area contributed by atoms with Crippen molar-refractivity contribution in [3.63, 3.8) is 0 Å². The van der Waals surface area contributed by atoms with Gasteiger partial charge in [-0.2, -0.15) is 0 Å². The maximum Gasteiger partial charge on any atom is 0.316 e. The van der Waals surface area contributed by atoms with Crippen molar-refractivity contribution in [1.82, 2.24) is 10.2 Å². The molecule has 0 radical (unpaired) electrons. The maximum atomic E-state index is 12.1. The van der Waals surface area contributed by atoms with Gasteiger partial charge >= 0.3 is 5.97 Å². The van der Waals surface area contributed by atoms with E-state index in [-0.39, 0.29) is 12.1 Å². The second kappa shape index (κ2) is 7.58. The molecule has 3 unspecified atom stereocenters. The van der Waals surface area contributed by atoms with Crippen LogP contribution in [0, 0.1) is 24.7 Å². The second-order valence-corrected chi connectivity index (χ2v) is 8.63. The SMILES string of the molecule is Cc1nnc(SCC(=O)OC2CC(C)CCC2C(C)C)s1. The van der Waals surface area contributed by atoms with Crippen molar-refractivity contribution in [2.24, 2.45) is 17.8 Å². The zero-order chi connectivity index (χ0) is 15.4. The van der Waals surface area contributed by atoms with Crippen LogP contribution in [-0.2, 0) is 9.53 Å². The van der Waals surface area contributed by atoms with E-state index >= 15 is 0 Å². The highest BCUT2D eigenvalue weighted by atomic mass is 32.2. The zero-order valence-electron chi connectivity index (χ0n) is 13.2. The normalized spacial score (nSPS) is 26.0. The smallest absolute Gasteiger partial charge is 0.316 e. The first-order valence-electron chi connectivity index (χ1n) is 7.58. The first-order valence-corrected chi connectivity index (χ1v) is 9.38. The minimum Gasteiger partial charge on any atom is -0.461 e. The predicted molar refractivity (Wildman–Crippen MR) is 86.6 cm³/mol. The van der Waals surface area contributed by atoms with E-state index in [1.54, 1.807) is 0 Å². The van der Waals surface area contributed by atoms with Gasteiger partial charge in [0.25, 0.3) is 0 Å². The summed E-state index contributed by atoms with van der Waals surface area (Å²) in [5.41, 5.74) is 0. The fourth-order valence-electron chi connectivity index (χ4n) is 2.91. The van der Waals surface area contributed by atoms with Gasteiger partial charge < -0.3 is 4.74 Å². The van der Waals surface area contributed by atoms with Crippen LogP contribution in [0.5, 0.6) is 0 Å². The van der Waals surface area contributed by atoms with Crippen LogP contribution in [0.15, 0.2) is 4.34 Å². The average Bonchev–Trinajstić information content (AvgIpc) is 2.82. The molecule has 1 aromatic heterocycles. The molecule has 6 heteroatoms. The lowest BCUT2D eigenvalue weighted by atomic mass is 9.75. The van der Waals surface area contributed by atoms with Gasteiger partial charge in [-0.05, 0) is 37.5 Å². The minimum atomic E-state index is -0.127. The molecule has 0 aromatic carbocycles. The fraction of sp³-hybridized carbons (Fsp3) is 0.800. The average molecular weight is 329 g/mol. The number of ether oxygens (including phenoxy) is 1. The molecule has 0 amide bonds. The van der Waals surface area contributed by atoms with Crippen LogP contribution in [0.25, 0.3) is 0 Å². The molecular weight excluding hydrogens is 304 g/mol. The fourth-order valence-corrected chi connectivity index (χ4v) is 4.51. The lowest BCUT2D eigenvalue weighted by molar-refractivity contribution is -0.152. The molecule has 118 valence electrons. The monoisotopic (exact) mass is 328 g/mol. The number of thioether (sulfide) groups is 1. The quantitative estimate of drug-likeness (QED) is 0.605. The number of rotatable bonds is 5. The number of esters is 1. The Morgan fingerprint density at radius 1 is 1.43 bits per heavy atom. The van der Waals surface area contributed by atoms with Crippen molar-refractivity contribution in [3.8, 4) is 0 Å². The van der Waals surface area contributed by atoms with Gasteiger partial charge in [-0.1, -0.05) is 50.3 Å². The molecule has 0 aliphatic heterocycles. The van der Waals surface area contributed by atoms with E-state index in [2.05, 4.69) is 31.0 Å². The number of carbonyl (C=O) groups is 1. The van der Waals surface area contributed by atoms with Gasteiger partial charge in [-0.25, -0.2) is 0 Å². The van der Waals surface area contributed by atoms with E-state index in [9.17, 15) is 4.79 Å². The van der Waals surface area contributed by atoms with Crippen LogP contribution < -0.4 is 0 Å². The third kappa shape index (κ3) is 4.95. The Hall–Kier alpha value is -0.620. The summed E-state index contributed by atoms with van der Waals surface area (Å²) in [7, 11) is 0. The Bertz CT molecular complexity index is 476. The van der Waals surface area contributed by atoms with Crippen LogP contribution >= 0.6 is 23.1 Å². The Labute approximate surface area is 135 Å². The Morgan fingerprint density at radius 3 is 2.81 bits per heavy atom. The van der Waals surface area contributed by atoms with Gasteiger partial charge in [0.1, 0.15) is 11.1 Å². The first kappa shape index (κ1) is 16.7. The first-order chi connectivity index (χ1) is 9.95. The van der Waals surface area contributed by atoms with Crippen LogP contribution in [-0.4, -0.2) is 28.0 Å². The van der Waals surface area contributed by atoms with Crippen LogP contribution in [0.2, 0.25) is 0 Å². The molecule has 0 bridgehead atoms. The van der Waals surface area contributed by atoms with E-state index in [0.29, 0.717) is 23.5 Å². The highest BCUT2D eigenvalue weighted by Gasteiger charge is 2.33. The Kier molecular flexibility index (Phi) is 6.05. The summed E-state index contributed by atoms with van der Waals surface area (Å²) in [6, 6.07) is 0. The summed E-state index contributed by atoms with van der Waals surface area (Å²) in [4.78, 5) is 12.1. The molecule has 1 fully saturated rings. The van der Waals surface area contributed by atoms with E-state index in [1.165, 1.54) is 35.9 Å². The molecule has 0 saturated heterocycles. The summed E-state index contributed by atoms with van der Waals surface area (Å²) in [6.07, 6.45) is 3.49. The standard InChI is InChI=1S/C15H24N2O2S2/c1-9(2)12-6-5-10(3)7-13(12)19-14(18)8-20-15-17-16-11(4)21-15/h9-10,12-13H,5-8H2,1-4H3. The molecular formula is C15H24N2O2S2. The summed E-state index contributed by atoms with van der Waals surface area (Å²) in [6.45, 7) is 8.60. The number of carbonyl (C=O) groups excluding carboxylic acids is 1.